The van der Waals surface area contributed by atoms with E-state index in [2.05, 4.69) is 10.3 Å². The zero-order valence-electron chi connectivity index (χ0n) is 17.4. The molecule has 1 aliphatic rings. The van der Waals surface area contributed by atoms with Crippen molar-refractivity contribution in [2.45, 2.75) is 52.5 Å². The van der Waals surface area contributed by atoms with Crippen LogP contribution in [0.2, 0.25) is 0 Å². The van der Waals surface area contributed by atoms with Crippen LogP contribution in [0.4, 0.5) is 8.78 Å². The zero-order valence-corrected chi connectivity index (χ0v) is 17.4. The van der Waals surface area contributed by atoms with Gasteiger partial charge in [-0.15, -0.1) is 0 Å². The number of carbonyl (C=O) groups is 2. The lowest BCUT2D eigenvalue weighted by Crippen LogP contribution is -2.27. The Balaban J connectivity index is 1.67. The lowest BCUT2D eigenvalue weighted by Gasteiger charge is -2.17. The number of aromatic nitrogens is 1. The Bertz CT molecular complexity index is 942. The number of halogens is 2. The number of amides is 1. The number of benzene rings is 1. The van der Waals surface area contributed by atoms with Crippen LogP contribution in [-0.4, -0.2) is 29.7 Å². The van der Waals surface area contributed by atoms with Gasteiger partial charge in [0.2, 0.25) is 0 Å². The van der Waals surface area contributed by atoms with Crippen molar-refractivity contribution in [2.75, 3.05) is 6.61 Å². The molecule has 1 aromatic heterocycles. The largest absolute Gasteiger partial charge is 0.487 e. The smallest absolute Gasteiger partial charge is 0.272 e. The second kappa shape index (κ2) is 9.32. The topological polar surface area (TPSA) is 68.3 Å². The van der Waals surface area contributed by atoms with Crippen LogP contribution in [0.5, 0.6) is 5.75 Å². The monoisotopic (exact) mass is 416 g/mol. The first-order valence-corrected chi connectivity index (χ1v) is 10.1. The van der Waals surface area contributed by atoms with Crippen molar-refractivity contribution in [1.29, 1.82) is 0 Å². The van der Waals surface area contributed by atoms with Gasteiger partial charge in [-0.25, -0.2) is 8.78 Å². The molecule has 1 saturated carbocycles. The number of ketones is 1. The molecule has 1 atom stereocenters. The van der Waals surface area contributed by atoms with Gasteiger partial charge >= 0.3 is 0 Å². The summed E-state index contributed by atoms with van der Waals surface area (Å²) in [6, 6.07) is 8.25. The van der Waals surface area contributed by atoms with E-state index in [4.69, 9.17) is 4.74 Å². The summed E-state index contributed by atoms with van der Waals surface area (Å²) in [6.07, 6.45) is -0.390. The SMILES string of the molecule is Cc1cc(C(=O)NC(C)c2ccc(OCC(F)F)c(C)c2)cc(CC(=O)C2CC2)n1. The Morgan fingerprint density at radius 2 is 1.93 bits per heavy atom. The average Bonchev–Trinajstić information content (AvgIpc) is 3.51. The highest BCUT2D eigenvalue weighted by Crippen LogP contribution is 2.31. The number of hydrogen-bond donors (Lipinski definition) is 1. The minimum atomic E-state index is -2.53. The Morgan fingerprint density at radius 3 is 2.57 bits per heavy atom. The van der Waals surface area contributed by atoms with E-state index >= 15 is 0 Å². The van der Waals surface area contributed by atoms with E-state index in [1.807, 2.05) is 13.0 Å². The minimum absolute atomic E-state index is 0.153. The molecule has 1 N–H and O–H groups in total. The standard InChI is InChI=1S/C23H26F2N2O3/c1-13-8-17(6-7-21(13)30-12-22(24)25)15(3)27-23(29)18-9-14(2)26-19(10-18)11-20(28)16-4-5-16/h6-10,15-16,22H,4-5,11-12H2,1-3H3,(H,27,29). The molecule has 1 aromatic carbocycles. The molecule has 1 heterocycles. The van der Waals surface area contributed by atoms with Crippen molar-refractivity contribution < 1.29 is 23.1 Å². The van der Waals surface area contributed by atoms with Crippen molar-refractivity contribution in [1.82, 2.24) is 10.3 Å². The number of Topliss-reactive ketones (excluding diaryl/α,β-unsaturated/α-hetero) is 1. The van der Waals surface area contributed by atoms with E-state index in [1.165, 1.54) is 0 Å². The summed E-state index contributed by atoms with van der Waals surface area (Å²) in [4.78, 5) is 29.2. The number of hydrogen-bond acceptors (Lipinski definition) is 4. The van der Waals surface area contributed by atoms with E-state index in [1.54, 1.807) is 38.1 Å². The van der Waals surface area contributed by atoms with E-state index in [0.717, 1.165) is 24.0 Å². The molecule has 1 fully saturated rings. The number of carbonyl (C=O) groups excluding carboxylic acids is 2. The third-order valence-corrected chi connectivity index (χ3v) is 5.07. The molecule has 7 heteroatoms. The third-order valence-electron chi connectivity index (χ3n) is 5.07. The normalized spacial score (nSPS) is 14.5. The molecule has 1 aliphatic carbocycles. The second-order valence-electron chi connectivity index (χ2n) is 7.83. The number of rotatable bonds is 9. The Kier molecular flexibility index (Phi) is 6.80. The van der Waals surface area contributed by atoms with Crippen molar-refractivity contribution in [3.63, 3.8) is 0 Å². The van der Waals surface area contributed by atoms with Crippen LogP contribution in [-0.2, 0) is 11.2 Å². The van der Waals surface area contributed by atoms with Crippen LogP contribution in [0.3, 0.4) is 0 Å². The number of nitrogens with one attached hydrogen (secondary N) is 1. The first-order valence-electron chi connectivity index (χ1n) is 10.1. The van der Waals surface area contributed by atoms with Gasteiger partial charge in [0.25, 0.3) is 12.3 Å². The summed E-state index contributed by atoms with van der Waals surface area (Å²) in [5, 5.41) is 2.94. The van der Waals surface area contributed by atoms with Crippen molar-refractivity contribution >= 4 is 11.7 Å². The molecule has 0 spiro atoms. The fraction of sp³-hybridized carbons (Fsp3) is 0.435. The number of pyridine rings is 1. The predicted octanol–water partition coefficient (Wildman–Crippen LogP) is 4.35. The molecule has 3 rings (SSSR count). The van der Waals surface area contributed by atoms with E-state index in [9.17, 15) is 18.4 Å². The fourth-order valence-corrected chi connectivity index (χ4v) is 3.31. The Labute approximate surface area is 174 Å². The van der Waals surface area contributed by atoms with Gasteiger partial charge in [-0.1, -0.05) is 12.1 Å². The van der Waals surface area contributed by atoms with Crippen LogP contribution in [0.15, 0.2) is 30.3 Å². The number of alkyl halides is 2. The van der Waals surface area contributed by atoms with Gasteiger partial charge in [-0.3, -0.25) is 14.6 Å². The van der Waals surface area contributed by atoms with Gasteiger partial charge < -0.3 is 10.1 Å². The van der Waals surface area contributed by atoms with Gasteiger partial charge in [0.15, 0.2) is 0 Å². The van der Waals surface area contributed by atoms with Crippen molar-refractivity contribution in [3.8, 4) is 5.75 Å². The number of ether oxygens (including phenoxy) is 1. The predicted molar refractivity (Wildman–Crippen MR) is 109 cm³/mol. The maximum Gasteiger partial charge on any atom is 0.272 e. The van der Waals surface area contributed by atoms with Gasteiger partial charge in [-0.2, -0.15) is 0 Å². The Morgan fingerprint density at radius 1 is 1.20 bits per heavy atom. The van der Waals surface area contributed by atoms with E-state index in [-0.39, 0.29) is 30.1 Å². The summed E-state index contributed by atoms with van der Waals surface area (Å²) in [7, 11) is 0. The first-order chi connectivity index (χ1) is 14.2. The lowest BCUT2D eigenvalue weighted by atomic mass is 10.0. The Hall–Kier alpha value is -2.83. The van der Waals surface area contributed by atoms with Gasteiger partial charge in [-0.05, 0) is 62.9 Å². The van der Waals surface area contributed by atoms with Gasteiger partial charge in [0, 0.05) is 29.3 Å². The molecule has 0 bridgehead atoms. The highest BCUT2D eigenvalue weighted by molar-refractivity contribution is 5.95. The maximum atomic E-state index is 12.8. The van der Waals surface area contributed by atoms with E-state index < -0.39 is 13.0 Å². The molecule has 1 unspecified atom stereocenters. The maximum absolute atomic E-state index is 12.8. The number of nitrogens with zero attached hydrogens (tertiary/aromatic N) is 1. The quantitative estimate of drug-likeness (QED) is 0.660. The highest BCUT2D eigenvalue weighted by Gasteiger charge is 2.29. The molecule has 0 radical (unpaired) electrons. The summed E-state index contributed by atoms with van der Waals surface area (Å²) in [6.45, 7) is 4.76. The molecule has 160 valence electrons. The van der Waals surface area contributed by atoms with Crippen LogP contribution >= 0.6 is 0 Å². The molecular formula is C23H26F2N2O3. The molecule has 0 aliphatic heterocycles. The average molecular weight is 416 g/mol. The van der Waals surface area contributed by atoms with Crippen molar-refractivity contribution in [3.05, 3.63) is 58.4 Å². The van der Waals surface area contributed by atoms with Crippen molar-refractivity contribution in [2.24, 2.45) is 5.92 Å². The zero-order chi connectivity index (χ0) is 21.8. The first kappa shape index (κ1) is 21.9. The summed E-state index contributed by atoms with van der Waals surface area (Å²) < 4.78 is 29.8. The minimum Gasteiger partial charge on any atom is -0.487 e. The highest BCUT2D eigenvalue weighted by atomic mass is 19.3. The van der Waals surface area contributed by atoms with Gasteiger partial charge in [0.1, 0.15) is 18.1 Å². The van der Waals surface area contributed by atoms with Gasteiger partial charge in [0.05, 0.1) is 6.04 Å². The lowest BCUT2D eigenvalue weighted by molar-refractivity contribution is -0.119. The van der Waals surface area contributed by atoms with Crippen LogP contribution in [0.1, 0.15) is 58.7 Å². The van der Waals surface area contributed by atoms with Crippen LogP contribution < -0.4 is 10.1 Å². The number of aryl methyl sites for hydroxylation is 2. The molecular weight excluding hydrogens is 390 g/mol. The molecule has 0 saturated heterocycles. The fourth-order valence-electron chi connectivity index (χ4n) is 3.31. The summed E-state index contributed by atoms with van der Waals surface area (Å²) in [5.41, 5.74) is 3.31. The van der Waals surface area contributed by atoms with E-state index in [0.29, 0.717) is 22.7 Å². The van der Waals surface area contributed by atoms with Crippen LogP contribution in [0, 0.1) is 19.8 Å². The van der Waals surface area contributed by atoms with Crippen LogP contribution in [0.25, 0.3) is 0 Å². The molecule has 30 heavy (non-hydrogen) atoms. The summed E-state index contributed by atoms with van der Waals surface area (Å²) >= 11 is 0. The third kappa shape index (κ3) is 5.84. The summed E-state index contributed by atoms with van der Waals surface area (Å²) in [5.74, 6) is 0.467. The molecule has 2 aromatic rings. The molecule has 1 amide bonds. The molecule has 5 nitrogen and oxygen atoms in total. The second-order valence-corrected chi connectivity index (χ2v) is 7.83.